The smallest absolute Gasteiger partial charge is 0.259 e. The van der Waals surface area contributed by atoms with E-state index in [9.17, 15) is 9.18 Å². The van der Waals surface area contributed by atoms with Gasteiger partial charge in [0.05, 0.1) is 18.7 Å². The van der Waals surface area contributed by atoms with E-state index in [1.165, 1.54) is 25.3 Å². The van der Waals surface area contributed by atoms with Gasteiger partial charge in [-0.3, -0.25) is 15.6 Å². The van der Waals surface area contributed by atoms with E-state index in [1.54, 1.807) is 30.6 Å². The Labute approximate surface area is 158 Å². The molecule has 4 aromatic rings. The molecule has 2 aromatic heterocycles. The molecule has 142 valence electrons. The zero-order valence-electron chi connectivity index (χ0n) is 14.8. The molecule has 0 radical (unpaired) electrons. The van der Waals surface area contributed by atoms with Crippen LogP contribution in [0.5, 0.6) is 11.5 Å². The lowest BCUT2D eigenvalue weighted by Crippen LogP contribution is -2.24. The minimum absolute atomic E-state index is 0.0936. The van der Waals surface area contributed by atoms with Crippen LogP contribution in [0.3, 0.4) is 0 Å². The quantitative estimate of drug-likeness (QED) is 0.457. The van der Waals surface area contributed by atoms with E-state index in [1.807, 2.05) is 0 Å². The average Bonchev–Trinajstić information content (AvgIpc) is 3.22. The van der Waals surface area contributed by atoms with Crippen molar-refractivity contribution in [2.45, 2.75) is 6.23 Å². The third kappa shape index (κ3) is 3.30. The monoisotopic (exact) mass is 381 g/mol. The highest BCUT2D eigenvalue weighted by Gasteiger charge is 2.17. The number of methoxy groups -OCH3 is 1. The standard InChI is InChI=1S/C19H16FN5O3/c1-27-15-6-10(11-8-22-23-9-11)5-14-16(15)24-18(25-19(14)26)17(21)28-13-4-2-3-12(20)7-13/h2-9,17H,21H2,1H3,(H,22,23)(H,24,25,26)/t17-/m1/s1. The maximum Gasteiger partial charge on any atom is 0.259 e. The summed E-state index contributed by atoms with van der Waals surface area (Å²) in [5, 5.41) is 6.97. The van der Waals surface area contributed by atoms with Crippen molar-refractivity contribution >= 4 is 10.9 Å². The number of halogens is 1. The molecule has 9 heteroatoms. The van der Waals surface area contributed by atoms with Gasteiger partial charge in [-0.1, -0.05) is 6.07 Å². The van der Waals surface area contributed by atoms with E-state index >= 15 is 0 Å². The molecule has 0 amide bonds. The van der Waals surface area contributed by atoms with Gasteiger partial charge >= 0.3 is 0 Å². The Hall–Kier alpha value is -3.72. The van der Waals surface area contributed by atoms with Gasteiger partial charge in [-0.15, -0.1) is 0 Å². The molecule has 0 unspecified atom stereocenters. The summed E-state index contributed by atoms with van der Waals surface area (Å²) >= 11 is 0. The number of nitrogens with zero attached hydrogens (tertiary/aromatic N) is 2. The lowest BCUT2D eigenvalue weighted by Gasteiger charge is -2.15. The number of fused-ring (bicyclic) bond motifs is 1. The Bertz CT molecular complexity index is 1190. The number of rotatable bonds is 5. The molecule has 8 nitrogen and oxygen atoms in total. The highest BCUT2D eigenvalue weighted by molar-refractivity contribution is 5.89. The Morgan fingerprint density at radius 2 is 2.07 bits per heavy atom. The van der Waals surface area contributed by atoms with E-state index in [-0.39, 0.29) is 11.6 Å². The third-order valence-corrected chi connectivity index (χ3v) is 4.17. The molecule has 28 heavy (non-hydrogen) atoms. The number of aromatic amines is 2. The molecule has 0 bridgehead atoms. The molecule has 0 aliphatic carbocycles. The summed E-state index contributed by atoms with van der Waals surface area (Å²) in [5.74, 6) is 0.255. The van der Waals surface area contributed by atoms with Crippen molar-refractivity contribution < 1.29 is 13.9 Å². The number of hydrogen-bond acceptors (Lipinski definition) is 6. The van der Waals surface area contributed by atoms with Gasteiger partial charge in [-0.05, 0) is 29.8 Å². The lowest BCUT2D eigenvalue weighted by atomic mass is 10.1. The van der Waals surface area contributed by atoms with Gasteiger partial charge < -0.3 is 14.5 Å². The molecule has 0 aliphatic heterocycles. The summed E-state index contributed by atoms with van der Waals surface area (Å²) in [6.07, 6.45) is 2.25. The number of aromatic nitrogens is 4. The molecule has 0 aliphatic rings. The molecule has 0 saturated carbocycles. The minimum Gasteiger partial charge on any atom is -0.494 e. The van der Waals surface area contributed by atoms with Gasteiger partial charge in [0.15, 0.2) is 5.82 Å². The summed E-state index contributed by atoms with van der Waals surface area (Å²) in [6.45, 7) is 0. The Morgan fingerprint density at radius 1 is 1.21 bits per heavy atom. The predicted octanol–water partition coefficient (Wildman–Crippen LogP) is 2.50. The first-order valence-electron chi connectivity index (χ1n) is 8.34. The van der Waals surface area contributed by atoms with Crippen LogP contribution in [0.4, 0.5) is 4.39 Å². The Kier molecular flexibility index (Phi) is 4.50. The highest BCUT2D eigenvalue weighted by atomic mass is 19.1. The molecule has 2 heterocycles. The van der Waals surface area contributed by atoms with E-state index in [0.29, 0.717) is 16.7 Å². The van der Waals surface area contributed by atoms with Crippen LogP contribution in [0.25, 0.3) is 22.0 Å². The van der Waals surface area contributed by atoms with Gasteiger partial charge in [0, 0.05) is 17.8 Å². The SMILES string of the molecule is COc1cc(-c2cn[nH]c2)cc2c(=O)[nH]c([C@H](N)Oc3cccc(F)c3)nc12. The fourth-order valence-electron chi connectivity index (χ4n) is 2.84. The summed E-state index contributed by atoms with van der Waals surface area (Å²) in [7, 11) is 1.49. The topological polar surface area (TPSA) is 119 Å². The summed E-state index contributed by atoms with van der Waals surface area (Å²) in [4.78, 5) is 19.7. The largest absolute Gasteiger partial charge is 0.494 e. The zero-order chi connectivity index (χ0) is 19.7. The van der Waals surface area contributed by atoms with Crippen molar-refractivity contribution in [3.63, 3.8) is 0 Å². The van der Waals surface area contributed by atoms with Crippen molar-refractivity contribution in [3.05, 3.63) is 70.8 Å². The van der Waals surface area contributed by atoms with Crippen LogP contribution in [-0.4, -0.2) is 27.3 Å². The minimum atomic E-state index is -1.10. The van der Waals surface area contributed by atoms with Crippen molar-refractivity contribution in [2.24, 2.45) is 5.73 Å². The predicted molar refractivity (Wildman–Crippen MR) is 100 cm³/mol. The van der Waals surface area contributed by atoms with E-state index < -0.39 is 17.6 Å². The second-order valence-corrected chi connectivity index (χ2v) is 6.01. The van der Waals surface area contributed by atoms with Crippen LogP contribution >= 0.6 is 0 Å². The second kappa shape index (κ2) is 7.12. The normalized spacial score (nSPS) is 12.1. The van der Waals surface area contributed by atoms with Crippen molar-refractivity contribution in [1.29, 1.82) is 0 Å². The summed E-state index contributed by atoms with van der Waals surface area (Å²) in [5.41, 5.74) is 7.49. The number of hydrogen-bond donors (Lipinski definition) is 3. The van der Waals surface area contributed by atoms with Crippen LogP contribution in [0.2, 0.25) is 0 Å². The first-order valence-corrected chi connectivity index (χ1v) is 8.34. The number of nitrogens with one attached hydrogen (secondary N) is 2. The number of benzene rings is 2. The second-order valence-electron chi connectivity index (χ2n) is 6.01. The molecule has 2 aromatic carbocycles. The maximum absolute atomic E-state index is 13.3. The molecule has 0 fully saturated rings. The van der Waals surface area contributed by atoms with Crippen LogP contribution in [0.15, 0.2) is 53.6 Å². The molecule has 4 rings (SSSR count). The number of ether oxygens (including phenoxy) is 2. The molecular weight excluding hydrogens is 365 g/mol. The average molecular weight is 381 g/mol. The van der Waals surface area contributed by atoms with E-state index in [4.69, 9.17) is 15.2 Å². The van der Waals surface area contributed by atoms with Crippen LogP contribution in [-0.2, 0) is 0 Å². The zero-order valence-corrected chi connectivity index (χ0v) is 14.8. The molecule has 0 saturated heterocycles. The number of H-pyrrole nitrogens is 2. The first kappa shape index (κ1) is 17.7. The van der Waals surface area contributed by atoms with Gasteiger partial charge in [-0.2, -0.15) is 5.10 Å². The maximum atomic E-state index is 13.3. The highest BCUT2D eigenvalue weighted by Crippen LogP contribution is 2.30. The Balaban J connectivity index is 1.77. The first-order chi connectivity index (χ1) is 13.5. The number of nitrogens with two attached hydrogens (primary N) is 1. The van der Waals surface area contributed by atoms with Gasteiger partial charge in [0.25, 0.3) is 5.56 Å². The van der Waals surface area contributed by atoms with Gasteiger partial charge in [-0.25, -0.2) is 9.37 Å². The van der Waals surface area contributed by atoms with E-state index in [2.05, 4.69) is 20.2 Å². The fourth-order valence-corrected chi connectivity index (χ4v) is 2.84. The molecular formula is C19H16FN5O3. The van der Waals surface area contributed by atoms with Gasteiger partial charge in [0.2, 0.25) is 6.23 Å². The van der Waals surface area contributed by atoms with Crippen molar-refractivity contribution in [1.82, 2.24) is 20.2 Å². The third-order valence-electron chi connectivity index (χ3n) is 4.17. The van der Waals surface area contributed by atoms with Crippen LogP contribution in [0.1, 0.15) is 12.1 Å². The van der Waals surface area contributed by atoms with Crippen LogP contribution in [0, 0.1) is 5.82 Å². The molecule has 0 spiro atoms. The van der Waals surface area contributed by atoms with Crippen LogP contribution < -0.4 is 20.8 Å². The fraction of sp³-hybridized carbons (Fsp3) is 0.105. The van der Waals surface area contributed by atoms with Gasteiger partial charge in [0.1, 0.15) is 22.8 Å². The van der Waals surface area contributed by atoms with Crippen molar-refractivity contribution in [2.75, 3.05) is 7.11 Å². The van der Waals surface area contributed by atoms with Crippen molar-refractivity contribution in [3.8, 4) is 22.6 Å². The molecule has 4 N–H and O–H groups in total. The molecule has 1 atom stereocenters. The summed E-state index contributed by atoms with van der Waals surface area (Å²) < 4.78 is 24.2. The summed E-state index contributed by atoms with van der Waals surface area (Å²) in [6, 6.07) is 8.97. The van der Waals surface area contributed by atoms with E-state index in [0.717, 1.165) is 11.1 Å². The Morgan fingerprint density at radius 3 is 2.79 bits per heavy atom. The lowest BCUT2D eigenvalue weighted by molar-refractivity contribution is 0.203.